The molecule has 14 heavy (non-hydrogen) atoms. The van der Waals surface area contributed by atoms with Crippen LogP contribution in [0.3, 0.4) is 0 Å². The van der Waals surface area contributed by atoms with Gasteiger partial charge in [0.05, 0.1) is 0 Å². The molecule has 0 bridgehead atoms. The van der Waals surface area contributed by atoms with Crippen molar-refractivity contribution in [2.75, 3.05) is 0 Å². The second-order valence-electron chi connectivity index (χ2n) is 4.03. The van der Waals surface area contributed by atoms with Crippen LogP contribution in [-0.4, -0.2) is 0 Å². The van der Waals surface area contributed by atoms with Crippen LogP contribution in [0.4, 0.5) is 0 Å². The van der Waals surface area contributed by atoms with Gasteiger partial charge in [-0.1, -0.05) is 61.3 Å². The van der Waals surface area contributed by atoms with E-state index in [9.17, 15) is 0 Å². The first-order chi connectivity index (χ1) is 6.36. The lowest BCUT2D eigenvalue weighted by Crippen LogP contribution is -1.95. The lowest BCUT2D eigenvalue weighted by atomic mass is 10.0. The van der Waals surface area contributed by atoms with Crippen molar-refractivity contribution in [3.05, 3.63) is 0 Å². The first kappa shape index (κ1) is 16.4. The van der Waals surface area contributed by atoms with Gasteiger partial charge in [-0.2, -0.15) is 0 Å². The SMILES string of the molecule is C.CC.CC.CC1CC2CCCC2C1. The molecule has 0 aromatic heterocycles. The van der Waals surface area contributed by atoms with Crippen molar-refractivity contribution >= 4 is 0 Å². The molecule has 0 saturated heterocycles. The van der Waals surface area contributed by atoms with Crippen LogP contribution in [0.1, 0.15) is 74.1 Å². The standard InChI is InChI=1S/C9H16.2C2H6.CH4/c1-7-5-8-3-2-4-9(8)6-7;2*1-2;/h7-9H,2-6H2,1H3;2*1-2H3;1H4. The summed E-state index contributed by atoms with van der Waals surface area (Å²) in [5.41, 5.74) is 0. The minimum absolute atomic E-state index is 0. The molecule has 2 atom stereocenters. The fraction of sp³-hybridized carbons (Fsp3) is 1.00. The number of fused-ring (bicyclic) bond motifs is 1. The summed E-state index contributed by atoms with van der Waals surface area (Å²) >= 11 is 0. The molecule has 0 aromatic carbocycles. The molecule has 88 valence electrons. The summed E-state index contributed by atoms with van der Waals surface area (Å²) in [7, 11) is 0. The maximum Gasteiger partial charge on any atom is -0.0383 e. The highest BCUT2D eigenvalue weighted by Crippen LogP contribution is 2.46. The van der Waals surface area contributed by atoms with Gasteiger partial charge in [-0.25, -0.2) is 0 Å². The van der Waals surface area contributed by atoms with Crippen molar-refractivity contribution in [1.29, 1.82) is 0 Å². The summed E-state index contributed by atoms with van der Waals surface area (Å²) in [5.74, 6) is 3.36. The van der Waals surface area contributed by atoms with Crippen LogP contribution in [0.2, 0.25) is 0 Å². The van der Waals surface area contributed by atoms with Gasteiger partial charge in [-0.05, 0) is 30.6 Å². The molecule has 0 radical (unpaired) electrons. The van der Waals surface area contributed by atoms with E-state index >= 15 is 0 Å². The molecule has 0 aromatic rings. The van der Waals surface area contributed by atoms with E-state index in [1.54, 1.807) is 25.7 Å². The molecule has 0 heterocycles. The molecule has 0 nitrogen and oxygen atoms in total. The van der Waals surface area contributed by atoms with Crippen molar-refractivity contribution in [2.24, 2.45) is 17.8 Å². The van der Waals surface area contributed by atoms with Crippen molar-refractivity contribution < 1.29 is 0 Å². The number of rotatable bonds is 0. The molecule has 0 amide bonds. The molecule has 0 N–H and O–H groups in total. The molecular formula is C14H32. The maximum atomic E-state index is 2.42. The molecule has 0 spiro atoms. The Labute approximate surface area is 92.5 Å². The second kappa shape index (κ2) is 9.55. The molecule has 2 aliphatic carbocycles. The Morgan fingerprint density at radius 2 is 1.14 bits per heavy atom. The maximum absolute atomic E-state index is 2.42. The zero-order chi connectivity index (χ0) is 10.3. The van der Waals surface area contributed by atoms with Crippen LogP contribution in [0.5, 0.6) is 0 Å². The Kier molecular flexibility index (Phi) is 11.2. The minimum Gasteiger partial charge on any atom is -0.0776 e. The van der Waals surface area contributed by atoms with Crippen LogP contribution in [-0.2, 0) is 0 Å². The van der Waals surface area contributed by atoms with Gasteiger partial charge in [0.2, 0.25) is 0 Å². The van der Waals surface area contributed by atoms with E-state index in [2.05, 4.69) is 6.92 Å². The molecule has 0 heteroatoms. The third-order valence-electron chi connectivity index (χ3n) is 3.23. The zero-order valence-electron chi connectivity index (χ0n) is 10.3. The van der Waals surface area contributed by atoms with Crippen molar-refractivity contribution in [3.8, 4) is 0 Å². The summed E-state index contributed by atoms with van der Waals surface area (Å²) in [6.07, 6.45) is 7.72. The van der Waals surface area contributed by atoms with Gasteiger partial charge in [0.25, 0.3) is 0 Å². The zero-order valence-corrected chi connectivity index (χ0v) is 10.3. The molecular weight excluding hydrogens is 168 g/mol. The monoisotopic (exact) mass is 200 g/mol. The van der Waals surface area contributed by atoms with E-state index in [0.717, 1.165) is 17.8 Å². The first-order valence-electron chi connectivity index (χ1n) is 6.36. The molecule has 2 saturated carbocycles. The highest BCUT2D eigenvalue weighted by Gasteiger charge is 2.34. The Morgan fingerprint density at radius 3 is 1.50 bits per heavy atom. The fourth-order valence-electron chi connectivity index (χ4n) is 2.86. The summed E-state index contributed by atoms with van der Waals surface area (Å²) in [6, 6.07) is 0. The summed E-state index contributed by atoms with van der Waals surface area (Å²) in [6.45, 7) is 10.4. The highest BCUT2D eigenvalue weighted by atomic mass is 14.4. The summed E-state index contributed by atoms with van der Waals surface area (Å²) < 4.78 is 0. The van der Waals surface area contributed by atoms with Gasteiger partial charge in [0.1, 0.15) is 0 Å². The van der Waals surface area contributed by atoms with Gasteiger partial charge in [-0.15, -0.1) is 0 Å². The third kappa shape index (κ3) is 4.48. The van der Waals surface area contributed by atoms with Gasteiger partial charge in [0, 0.05) is 0 Å². The average Bonchev–Trinajstić information content (AvgIpc) is 2.71. The van der Waals surface area contributed by atoms with E-state index in [1.807, 2.05) is 27.7 Å². The number of hydrogen-bond acceptors (Lipinski definition) is 0. The van der Waals surface area contributed by atoms with Crippen molar-refractivity contribution in [2.45, 2.75) is 74.1 Å². The van der Waals surface area contributed by atoms with Crippen LogP contribution in [0.25, 0.3) is 0 Å². The predicted molar refractivity (Wildman–Crippen MR) is 68.7 cm³/mol. The van der Waals surface area contributed by atoms with Gasteiger partial charge in [-0.3, -0.25) is 0 Å². The van der Waals surface area contributed by atoms with Crippen molar-refractivity contribution in [1.82, 2.24) is 0 Å². The normalized spacial score (nSPS) is 32.8. The van der Waals surface area contributed by atoms with Gasteiger partial charge in [0.15, 0.2) is 0 Å². The largest absolute Gasteiger partial charge is 0.0776 e. The molecule has 2 unspecified atom stereocenters. The Hall–Kier alpha value is 0. The van der Waals surface area contributed by atoms with Crippen molar-refractivity contribution in [3.63, 3.8) is 0 Å². The van der Waals surface area contributed by atoms with E-state index < -0.39 is 0 Å². The predicted octanol–water partition coefficient (Wildman–Crippen LogP) is 5.52. The summed E-state index contributed by atoms with van der Waals surface area (Å²) in [5, 5.41) is 0. The third-order valence-corrected chi connectivity index (χ3v) is 3.23. The molecule has 0 aliphatic heterocycles. The van der Waals surface area contributed by atoms with Crippen LogP contribution >= 0.6 is 0 Å². The number of hydrogen-bond donors (Lipinski definition) is 0. The van der Waals surface area contributed by atoms with Gasteiger partial charge < -0.3 is 0 Å². The highest BCUT2D eigenvalue weighted by molar-refractivity contribution is 4.85. The summed E-state index contributed by atoms with van der Waals surface area (Å²) in [4.78, 5) is 0. The van der Waals surface area contributed by atoms with E-state index in [-0.39, 0.29) is 7.43 Å². The quantitative estimate of drug-likeness (QED) is 0.483. The second-order valence-corrected chi connectivity index (χ2v) is 4.03. The Balaban J connectivity index is 0. The molecule has 2 aliphatic rings. The van der Waals surface area contributed by atoms with Crippen LogP contribution in [0.15, 0.2) is 0 Å². The smallest absolute Gasteiger partial charge is 0.0383 e. The van der Waals surface area contributed by atoms with Crippen LogP contribution in [0, 0.1) is 17.8 Å². The van der Waals surface area contributed by atoms with Crippen LogP contribution < -0.4 is 0 Å². The lowest BCUT2D eigenvalue weighted by Gasteiger charge is -2.04. The molecule has 2 rings (SSSR count). The topological polar surface area (TPSA) is 0 Å². The Bertz CT molecular complexity index is 94.6. The lowest BCUT2D eigenvalue weighted by molar-refractivity contribution is 0.457. The van der Waals surface area contributed by atoms with E-state index in [1.165, 1.54) is 6.42 Å². The Morgan fingerprint density at radius 1 is 0.786 bits per heavy atom. The van der Waals surface area contributed by atoms with Gasteiger partial charge >= 0.3 is 0 Å². The van der Waals surface area contributed by atoms with E-state index in [4.69, 9.17) is 0 Å². The minimum atomic E-state index is 0. The van der Waals surface area contributed by atoms with E-state index in [0.29, 0.717) is 0 Å². The fourth-order valence-corrected chi connectivity index (χ4v) is 2.86. The molecule has 2 fully saturated rings. The average molecular weight is 200 g/mol. The first-order valence-corrected chi connectivity index (χ1v) is 6.36.